The molecule has 10 nitrogen and oxygen atoms in total. The fourth-order valence-corrected chi connectivity index (χ4v) is 5.83. The van der Waals surface area contributed by atoms with Gasteiger partial charge in [-0.05, 0) is 43.7 Å². The minimum atomic E-state index is -1.09. The van der Waals surface area contributed by atoms with Crippen molar-refractivity contribution in [1.82, 2.24) is 15.3 Å². The predicted octanol–water partition coefficient (Wildman–Crippen LogP) is 0.986. The molecule has 1 aromatic carbocycles. The van der Waals surface area contributed by atoms with Crippen LogP contribution < -0.4 is 10.4 Å². The maximum absolute atomic E-state index is 13.4. The van der Waals surface area contributed by atoms with Gasteiger partial charge in [-0.25, -0.2) is 10.3 Å². The lowest BCUT2D eigenvalue weighted by atomic mass is 9.70. The molecule has 1 saturated carbocycles. The third-order valence-corrected chi connectivity index (χ3v) is 7.52. The molecule has 4 rings (SSSR count). The SMILES string of the molecule is O=C(NO)[C@@H]1C[C@H](C2[C@H](O)CCN2C(=O)O)CC[C@@H]1C(=O)N1CCN(c2ccccc2)CC1. The Morgan fingerprint density at radius 1 is 0.909 bits per heavy atom. The van der Waals surface area contributed by atoms with Crippen molar-refractivity contribution in [1.29, 1.82) is 0 Å². The Labute approximate surface area is 192 Å². The summed E-state index contributed by atoms with van der Waals surface area (Å²) in [6.07, 6.45) is -0.314. The number of rotatable bonds is 4. The highest BCUT2D eigenvalue weighted by Gasteiger charge is 2.48. The van der Waals surface area contributed by atoms with Gasteiger partial charge in [0.05, 0.1) is 18.1 Å². The number of benzene rings is 1. The number of nitrogens with zero attached hydrogens (tertiary/aromatic N) is 3. The standard InChI is InChI=1S/C23H32N4O6/c28-19-8-9-27(23(31)32)20(19)15-6-7-17(18(14-15)21(29)24-33)22(30)26-12-10-25(11-13-26)16-4-2-1-3-5-16/h1-5,15,17-20,28,33H,6-14H2,(H,24,29)(H,31,32)/t15-,17+,18-,19-,20?/m1/s1. The molecule has 2 heterocycles. The number of hydrogen-bond acceptors (Lipinski definition) is 6. The number of amides is 3. The van der Waals surface area contributed by atoms with Gasteiger partial charge in [0.25, 0.3) is 0 Å². The lowest BCUT2D eigenvalue weighted by molar-refractivity contribution is -0.148. The molecule has 0 bridgehead atoms. The maximum Gasteiger partial charge on any atom is 0.407 e. The van der Waals surface area contributed by atoms with Crippen LogP contribution >= 0.6 is 0 Å². The van der Waals surface area contributed by atoms with E-state index < -0.39 is 36.0 Å². The summed E-state index contributed by atoms with van der Waals surface area (Å²) in [6.45, 7) is 2.75. The van der Waals surface area contributed by atoms with Gasteiger partial charge in [0.2, 0.25) is 11.8 Å². The first-order chi connectivity index (χ1) is 15.9. The predicted molar refractivity (Wildman–Crippen MR) is 119 cm³/mol. The minimum Gasteiger partial charge on any atom is -0.465 e. The van der Waals surface area contributed by atoms with Crippen molar-refractivity contribution in [3.05, 3.63) is 30.3 Å². The largest absolute Gasteiger partial charge is 0.465 e. The van der Waals surface area contributed by atoms with Gasteiger partial charge < -0.3 is 24.9 Å². The van der Waals surface area contributed by atoms with Crippen LogP contribution in [0.15, 0.2) is 30.3 Å². The number of carboxylic acid groups (broad SMARTS) is 1. The summed E-state index contributed by atoms with van der Waals surface area (Å²) in [5.74, 6) is -2.32. The first-order valence-corrected chi connectivity index (χ1v) is 11.6. The van der Waals surface area contributed by atoms with Crippen molar-refractivity contribution >= 4 is 23.6 Å². The van der Waals surface area contributed by atoms with E-state index in [4.69, 9.17) is 0 Å². The van der Waals surface area contributed by atoms with Crippen molar-refractivity contribution in [2.24, 2.45) is 17.8 Å². The number of piperazine rings is 1. The molecule has 0 radical (unpaired) electrons. The monoisotopic (exact) mass is 460 g/mol. The van der Waals surface area contributed by atoms with Crippen LogP contribution in [0.1, 0.15) is 25.7 Å². The molecule has 0 aromatic heterocycles. The second kappa shape index (κ2) is 9.96. The molecule has 2 aliphatic heterocycles. The molecule has 10 heteroatoms. The van der Waals surface area contributed by atoms with Gasteiger partial charge in [-0.2, -0.15) is 0 Å². The van der Waals surface area contributed by atoms with Crippen LogP contribution in [0.3, 0.4) is 0 Å². The minimum absolute atomic E-state index is 0.100. The summed E-state index contributed by atoms with van der Waals surface area (Å²) in [5, 5.41) is 29.2. The molecule has 1 aromatic rings. The Balaban J connectivity index is 1.43. The number of hydrogen-bond donors (Lipinski definition) is 4. The van der Waals surface area contributed by atoms with Gasteiger partial charge in [-0.15, -0.1) is 0 Å². The van der Waals surface area contributed by atoms with Gasteiger partial charge in [0.15, 0.2) is 0 Å². The van der Waals surface area contributed by atoms with E-state index in [0.717, 1.165) is 5.69 Å². The molecule has 3 fully saturated rings. The van der Waals surface area contributed by atoms with Crippen molar-refractivity contribution in [3.8, 4) is 0 Å². The number of nitrogens with one attached hydrogen (secondary N) is 1. The third kappa shape index (κ3) is 4.77. The highest BCUT2D eigenvalue weighted by atomic mass is 16.5. The molecular weight excluding hydrogens is 428 g/mol. The molecule has 33 heavy (non-hydrogen) atoms. The van der Waals surface area contributed by atoms with Crippen LogP contribution in [0.25, 0.3) is 0 Å². The number of anilines is 1. The number of carbonyl (C=O) groups excluding carboxylic acids is 2. The zero-order chi connectivity index (χ0) is 23.5. The van der Waals surface area contributed by atoms with Gasteiger partial charge in [-0.3, -0.25) is 14.8 Å². The lowest BCUT2D eigenvalue weighted by Gasteiger charge is -2.42. The van der Waals surface area contributed by atoms with Crippen LogP contribution in [0.4, 0.5) is 10.5 Å². The van der Waals surface area contributed by atoms with E-state index in [2.05, 4.69) is 4.90 Å². The number of likely N-dealkylation sites (tertiary alicyclic amines) is 1. The maximum atomic E-state index is 13.4. The van der Waals surface area contributed by atoms with Crippen LogP contribution in [-0.2, 0) is 9.59 Å². The molecule has 3 aliphatic rings. The summed E-state index contributed by atoms with van der Waals surface area (Å²) >= 11 is 0. The second-order valence-corrected chi connectivity index (χ2v) is 9.23. The summed E-state index contributed by atoms with van der Waals surface area (Å²) < 4.78 is 0. The van der Waals surface area contributed by atoms with Gasteiger partial charge in [0, 0.05) is 44.3 Å². The highest BCUT2D eigenvalue weighted by molar-refractivity contribution is 5.87. The van der Waals surface area contributed by atoms with E-state index in [1.807, 2.05) is 30.3 Å². The zero-order valence-corrected chi connectivity index (χ0v) is 18.5. The molecule has 3 amide bonds. The van der Waals surface area contributed by atoms with Gasteiger partial charge in [-0.1, -0.05) is 18.2 Å². The molecule has 1 unspecified atom stereocenters. The summed E-state index contributed by atoms with van der Waals surface area (Å²) in [5.41, 5.74) is 2.81. The zero-order valence-electron chi connectivity index (χ0n) is 18.5. The summed E-state index contributed by atoms with van der Waals surface area (Å²) in [4.78, 5) is 42.8. The van der Waals surface area contributed by atoms with E-state index in [1.165, 1.54) is 4.90 Å². The first-order valence-electron chi connectivity index (χ1n) is 11.6. The fraction of sp³-hybridized carbons (Fsp3) is 0.609. The average Bonchev–Trinajstić information content (AvgIpc) is 3.25. The van der Waals surface area contributed by atoms with Crippen LogP contribution in [0.2, 0.25) is 0 Å². The molecule has 0 spiro atoms. The Morgan fingerprint density at radius 3 is 2.24 bits per heavy atom. The summed E-state index contributed by atoms with van der Waals surface area (Å²) in [7, 11) is 0. The van der Waals surface area contributed by atoms with E-state index in [1.54, 1.807) is 10.4 Å². The first kappa shape index (κ1) is 23.3. The normalized spacial score (nSPS) is 30.2. The number of para-hydroxylation sites is 1. The second-order valence-electron chi connectivity index (χ2n) is 9.23. The van der Waals surface area contributed by atoms with E-state index in [9.17, 15) is 29.8 Å². The van der Waals surface area contributed by atoms with Crippen molar-refractivity contribution in [2.45, 2.75) is 37.8 Å². The van der Waals surface area contributed by atoms with Crippen LogP contribution in [0.5, 0.6) is 0 Å². The number of aliphatic hydroxyl groups is 1. The quantitative estimate of drug-likeness (QED) is 0.389. The number of aliphatic hydroxyl groups excluding tert-OH is 1. The van der Waals surface area contributed by atoms with Gasteiger partial charge in [0.1, 0.15) is 0 Å². The number of hydroxylamine groups is 1. The van der Waals surface area contributed by atoms with E-state index in [0.29, 0.717) is 45.4 Å². The van der Waals surface area contributed by atoms with Crippen LogP contribution in [-0.4, -0.2) is 88.0 Å². The molecule has 2 saturated heterocycles. The fourth-order valence-electron chi connectivity index (χ4n) is 5.83. The van der Waals surface area contributed by atoms with Crippen molar-refractivity contribution < 1.29 is 29.8 Å². The Bertz CT molecular complexity index is 860. The smallest absolute Gasteiger partial charge is 0.407 e. The molecule has 4 N–H and O–H groups in total. The van der Waals surface area contributed by atoms with Crippen LogP contribution in [0, 0.1) is 17.8 Å². The third-order valence-electron chi connectivity index (χ3n) is 7.52. The van der Waals surface area contributed by atoms with Gasteiger partial charge >= 0.3 is 6.09 Å². The van der Waals surface area contributed by atoms with E-state index >= 15 is 0 Å². The average molecular weight is 461 g/mol. The molecule has 180 valence electrons. The summed E-state index contributed by atoms with van der Waals surface area (Å²) in [6, 6.07) is 9.41. The Morgan fingerprint density at radius 2 is 1.61 bits per heavy atom. The molecule has 5 atom stereocenters. The lowest BCUT2D eigenvalue weighted by Crippen LogP contribution is -2.54. The van der Waals surface area contributed by atoms with Crippen molar-refractivity contribution in [2.75, 3.05) is 37.6 Å². The molecule has 1 aliphatic carbocycles. The van der Waals surface area contributed by atoms with Crippen molar-refractivity contribution in [3.63, 3.8) is 0 Å². The molecular formula is C23H32N4O6. The highest BCUT2D eigenvalue weighted by Crippen LogP contribution is 2.41. The Hall–Kier alpha value is -2.85. The van der Waals surface area contributed by atoms with E-state index in [-0.39, 0.29) is 24.8 Å². The Kier molecular flexibility index (Phi) is 7.04. The topological polar surface area (TPSA) is 134 Å². The number of carbonyl (C=O) groups is 3.